The molecular weight excluding hydrogens is 370 g/mol. The molecule has 1 aliphatic rings. The molecule has 1 unspecified atom stereocenters. The van der Waals surface area contributed by atoms with Crippen molar-refractivity contribution >= 4 is 11.7 Å². The molecule has 2 aromatic carbocycles. The number of aromatic carboxylic acids is 1. The Hall–Kier alpha value is -2.73. The zero-order chi connectivity index (χ0) is 21.7. The molecule has 3 nitrogen and oxygen atoms in total. The third kappa shape index (κ3) is 5.05. The summed E-state index contributed by atoms with van der Waals surface area (Å²) in [6.07, 6.45) is 5.77. The highest BCUT2D eigenvalue weighted by atomic mass is 16.4. The number of carbonyl (C=O) groups is 1. The summed E-state index contributed by atoms with van der Waals surface area (Å²) >= 11 is 0. The van der Waals surface area contributed by atoms with Gasteiger partial charge in [0.1, 0.15) is 0 Å². The van der Waals surface area contributed by atoms with E-state index in [0.717, 1.165) is 24.9 Å². The topological polar surface area (TPSA) is 40.5 Å². The summed E-state index contributed by atoms with van der Waals surface area (Å²) in [5.41, 5.74) is 5.39. The van der Waals surface area contributed by atoms with Crippen LogP contribution in [-0.4, -0.2) is 24.7 Å². The highest BCUT2D eigenvalue weighted by molar-refractivity contribution is 5.87. The highest BCUT2D eigenvalue weighted by Gasteiger charge is 2.30. The molecule has 1 heterocycles. The Balaban J connectivity index is 1.91. The van der Waals surface area contributed by atoms with Crippen molar-refractivity contribution < 1.29 is 9.90 Å². The molecule has 0 saturated carbocycles. The van der Waals surface area contributed by atoms with Crippen molar-refractivity contribution in [1.29, 1.82) is 0 Å². The molecule has 1 N–H and O–H groups in total. The molecule has 1 aliphatic heterocycles. The summed E-state index contributed by atoms with van der Waals surface area (Å²) in [5.74, 6) is 6.04. The van der Waals surface area contributed by atoms with Gasteiger partial charge in [0.25, 0.3) is 0 Å². The minimum absolute atomic E-state index is 0.180. The molecule has 0 spiro atoms. The summed E-state index contributed by atoms with van der Waals surface area (Å²) < 4.78 is 0. The summed E-state index contributed by atoms with van der Waals surface area (Å²) in [6.45, 7) is 7.96. The summed E-state index contributed by atoms with van der Waals surface area (Å²) in [7, 11) is 2.18. The molecule has 0 aromatic heterocycles. The van der Waals surface area contributed by atoms with E-state index < -0.39 is 5.97 Å². The van der Waals surface area contributed by atoms with E-state index in [2.05, 4.69) is 62.8 Å². The Bertz CT molecular complexity index is 947. The minimum atomic E-state index is -0.909. The van der Waals surface area contributed by atoms with Gasteiger partial charge >= 0.3 is 5.97 Å². The smallest absolute Gasteiger partial charge is 0.335 e. The van der Waals surface area contributed by atoms with Crippen LogP contribution >= 0.6 is 0 Å². The number of hydrogen-bond acceptors (Lipinski definition) is 2. The van der Waals surface area contributed by atoms with Crippen LogP contribution in [0.3, 0.4) is 0 Å². The van der Waals surface area contributed by atoms with Crippen LogP contribution in [0.25, 0.3) is 0 Å². The Morgan fingerprint density at radius 2 is 1.90 bits per heavy atom. The molecule has 0 saturated heterocycles. The van der Waals surface area contributed by atoms with E-state index in [9.17, 15) is 4.79 Å². The van der Waals surface area contributed by atoms with Gasteiger partial charge < -0.3 is 10.0 Å². The molecule has 30 heavy (non-hydrogen) atoms. The summed E-state index contributed by atoms with van der Waals surface area (Å²) in [6, 6.07) is 13.7. The van der Waals surface area contributed by atoms with Gasteiger partial charge in [0.05, 0.1) is 5.56 Å². The van der Waals surface area contributed by atoms with E-state index >= 15 is 0 Å². The molecule has 0 aliphatic carbocycles. The van der Waals surface area contributed by atoms with Gasteiger partial charge in [-0.25, -0.2) is 4.79 Å². The molecule has 0 radical (unpaired) electrons. The normalized spacial score (nSPS) is 15.7. The molecule has 3 rings (SSSR count). The van der Waals surface area contributed by atoms with Gasteiger partial charge in [0, 0.05) is 30.8 Å². The van der Waals surface area contributed by atoms with Crippen molar-refractivity contribution in [3.8, 4) is 11.8 Å². The highest BCUT2D eigenvalue weighted by Crippen LogP contribution is 2.40. The number of carboxylic acids is 1. The molecule has 1 atom stereocenters. The molecular formula is C27H33NO2. The standard InChI is InChI=1S/C27H33NO2/c1-5-6-7-8-21(12-9-20-10-13-22(14-11-20)26(29)30)23-15-16-24-25(19-23)28(4)18-17-27(24,2)3/h10-11,13-16,19,21H,5-8,17-18H2,1-4H3,(H,29,30). The predicted molar refractivity (Wildman–Crippen MR) is 125 cm³/mol. The Morgan fingerprint density at radius 1 is 1.17 bits per heavy atom. The monoisotopic (exact) mass is 403 g/mol. The van der Waals surface area contributed by atoms with Crippen LogP contribution in [0.15, 0.2) is 42.5 Å². The number of hydrogen-bond donors (Lipinski definition) is 1. The maximum Gasteiger partial charge on any atom is 0.335 e. The first-order chi connectivity index (χ1) is 14.3. The number of fused-ring (bicyclic) bond motifs is 1. The average Bonchev–Trinajstić information content (AvgIpc) is 2.73. The quantitative estimate of drug-likeness (QED) is 0.460. The summed E-state index contributed by atoms with van der Waals surface area (Å²) in [4.78, 5) is 13.4. The van der Waals surface area contributed by atoms with E-state index in [4.69, 9.17) is 5.11 Å². The van der Waals surface area contributed by atoms with Gasteiger partial charge in [-0.3, -0.25) is 0 Å². The fourth-order valence-corrected chi connectivity index (χ4v) is 4.14. The van der Waals surface area contributed by atoms with Crippen molar-refractivity contribution in [3.63, 3.8) is 0 Å². The van der Waals surface area contributed by atoms with Crippen LogP contribution in [0.5, 0.6) is 0 Å². The predicted octanol–water partition coefficient (Wildman–Crippen LogP) is 6.22. The zero-order valence-electron chi connectivity index (χ0n) is 18.7. The second-order valence-corrected chi connectivity index (χ2v) is 9.03. The maximum absolute atomic E-state index is 11.1. The van der Waals surface area contributed by atoms with Crippen LogP contribution in [0.2, 0.25) is 0 Å². The number of carboxylic acid groups (broad SMARTS) is 1. The number of benzene rings is 2. The van der Waals surface area contributed by atoms with Crippen LogP contribution in [0.4, 0.5) is 5.69 Å². The van der Waals surface area contributed by atoms with Crippen LogP contribution in [-0.2, 0) is 5.41 Å². The van der Waals surface area contributed by atoms with Gasteiger partial charge in [0.2, 0.25) is 0 Å². The Kier molecular flexibility index (Phi) is 6.87. The molecule has 158 valence electrons. The first-order valence-electron chi connectivity index (χ1n) is 11.0. The molecule has 3 heteroatoms. The number of rotatable bonds is 6. The summed E-state index contributed by atoms with van der Waals surface area (Å²) in [5, 5.41) is 9.08. The van der Waals surface area contributed by atoms with Gasteiger partial charge in [-0.2, -0.15) is 0 Å². The lowest BCUT2D eigenvalue weighted by molar-refractivity contribution is 0.0697. The third-order valence-electron chi connectivity index (χ3n) is 6.26. The SMILES string of the molecule is CCCCCC(C#Cc1ccc(C(=O)O)cc1)c1ccc2c(c1)N(C)CCC2(C)C. The van der Waals surface area contributed by atoms with Gasteiger partial charge in [0.15, 0.2) is 0 Å². The minimum Gasteiger partial charge on any atom is -0.478 e. The lowest BCUT2D eigenvalue weighted by atomic mass is 9.76. The largest absolute Gasteiger partial charge is 0.478 e. The zero-order valence-corrected chi connectivity index (χ0v) is 18.7. The first-order valence-corrected chi connectivity index (χ1v) is 11.0. The lowest BCUT2D eigenvalue weighted by Crippen LogP contribution is -2.34. The molecule has 2 aromatic rings. The average molecular weight is 404 g/mol. The van der Waals surface area contributed by atoms with Crippen molar-refractivity contribution in [3.05, 3.63) is 64.7 Å². The van der Waals surface area contributed by atoms with Crippen LogP contribution < -0.4 is 4.90 Å². The van der Waals surface area contributed by atoms with Gasteiger partial charge in [-0.05, 0) is 59.7 Å². The Labute approximate surface area is 181 Å². The molecule has 0 amide bonds. The second-order valence-electron chi connectivity index (χ2n) is 9.03. The van der Waals surface area contributed by atoms with Crippen LogP contribution in [0.1, 0.15) is 85.8 Å². The number of unbranched alkanes of at least 4 members (excludes halogenated alkanes) is 2. The van der Waals surface area contributed by atoms with E-state index in [1.165, 1.54) is 36.1 Å². The van der Waals surface area contributed by atoms with Crippen molar-refractivity contribution in [2.24, 2.45) is 0 Å². The van der Waals surface area contributed by atoms with Crippen LogP contribution in [0, 0.1) is 11.8 Å². The first kappa shape index (κ1) is 22.0. The second kappa shape index (κ2) is 9.39. The van der Waals surface area contributed by atoms with Crippen molar-refractivity contribution in [2.75, 3.05) is 18.5 Å². The van der Waals surface area contributed by atoms with Crippen molar-refractivity contribution in [2.45, 2.75) is 64.2 Å². The van der Waals surface area contributed by atoms with E-state index in [0.29, 0.717) is 5.56 Å². The maximum atomic E-state index is 11.1. The number of anilines is 1. The van der Waals surface area contributed by atoms with E-state index in [1.54, 1.807) is 24.3 Å². The van der Waals surface area contributed by atoms with E-state index in [1.807, 2.05) is 0 Å². The molecule has 0 fully saturated rings. The third-order valence-corrected chi connectivity index (χ3v) is 6.26. The molecule has 0 bridgehead atoms. The van der Waals surface area contributed by atoms with Gasteiger partial charge in [-0.15, -0.1) is 0 Å². The Morgan fingerprint density at radius 3 is 2.57 bits per heavy atom. The van der Waals surface area contributed by atoms with Crippen molar-refractivity contribution in [1.82, 2.24) is 0 Å². The van der Waals surface area contributed by atoms with Gasteiger partial charge in [-0.1, -0.05) is 64.0 Å². The lowest BCUT2D eigenvalue weighted by Gasteiger charge is -2.39. The van der Waals surface area contributed by atoms with E-state index in [-0.39, 0.29) is 11.3 Å². The number of nitrogens with zero attached hydrogens (tertiary/aromatic N) is 1. The fraction of sp³-hybridized carbons (Fsp3) is 0.444. The fourth-order valence-electron chi connectivity index (χ4n) is 4.14.